The molecule has 1 aromatic heterocycles. The summed E-state index contributed by atoms with van der Waals surface area (Å²) < 4.78 is 0. The molecule has 0 radical (unpaired) electrons. The predicted octanol–water partition coefficient (Wildman–Crippen LogP) is 4.69. The lowest BCUT2D eigenvalue weighted by molar-refractivity contribution is 0.258. The van der Waals surface area contributed by atoms with E-state index in [1.807, 2.05) is 11.3 Å². The number of hydrogen-bond acceptors (Lipinski definition) is 3. The molecule has 0 aliphatic carbocycles. The molecule has 0 bridgehead atoms. The van der Waals surface area contributed by atoms with Crippen molar-refractivity contribution < 1.29 is 0 Å². The van der Waals surface area contributed by atoms with E-state index in [0.29, 0.717) is 6.04 Å². The first-order chi connectivity index (χ1) is 9.40. The summed E-state index contributed by atoms with van der Waals surface area (Å²) in [6, 6.07) is 4.94. The van der Waals surface area contributed by atoms with Crippen LogP contribution in [0.15, 0.2) is 17.5 Å². The van der Waals surface area contributed by atoms with Crippen LogP contribution in [0.1, 0.15) is 64.3 Å². The fourth-order valence-electron chi connectivity index (χ4n) is 2.24. The van der Waals surface area contributed by atoms with Crippen LogP contribution in [0, 0.1) is 0 Å². The Bertz CT molecular complexity index is 340. The first-order valence-electron chi connectivity index (χ1n) is 7.89. The highest BCUT2D eigenvalue weighted by atomic mass is 32.1. The van der Waals surface area contributed by atoms with Gasteiger partial charge in [-0.2, -0.15) is 0 Å². The summed E-state index contributed by atoms with van der Waals surface area (Å²) in [4.78, 5) is 3.95. The quantitative estimate of drug-likeness (QED) is 0.665. The van der Waals surface area contributed by atoms with E-state index >= 15 is 0 Å². The molecule has 0 aliphatic heterocycles. The molecule has 1 rings (SSSR count). The van der Waals surface area contributed by atoms with Gasteiger partial charge in [0.1, 0.15) is 0 Å². The molecular weight excluding hydrogens is 264 g/mol. The minimum atomic E-state index is 0.260. The van der Waals surface area contributed by atoms with Crippen LogP contribution >= 0.6 is 11.3 Å². The average Bonchev–Trinajstić information content (AvgIpc) is 2.88. The maximum absolute atomic E-state index is 3.55. The fourth-order valence-corrected chi connectivity index (χ4v) is 3.09. The summed E-state index contributed by atoms with van der Waals surface area (Å²) >= 11 is 1.86. The molecule has 0 aliphatic rings. The molecular formula is C17H32N2S. The van der Waals surface area contributed by atoms with Gasteiger partial charge in [-0.1, -0.05) is 18.9 Å². The molecule has 1 aromatic rings. The van der Waals surface area contributed by atoms with Gasteiger partial charge in [0.05, 0.1) is 0 Å². The molecule has 0 saturated carbocycles. The van der Waals surface area contributed by atoms with Crippen LogP contribution in [0.25, 0.3) is 0 Å². The topological polar surface area (TPSA) is 15.3 Å². The van der Waals surface area contributed by atoms with Crippen LogP contribution in [0.4, 0.5) is 0 Å². The Balaban J connectivity index is 2.04. The van der Waals surface area contributed by atoms with Crippen LogP contribution in [0.2, 0.25) is 0 Å². The molecule has 0 amide bonds. The van der Waals surface area contributed by atoms with Crippen molar-refractivity contribution in [1.82, 2.24) is 10.2 Å². The molecule has 20 heavy (non-hydrogen) atoms. The Morgan fingerprint density at radius 1 is 1.20 bits per heavy atom. The lowest BCUT2D eigenvalue weighted by atomic mass is 10.1. The van der Waals surface area contributed by atoms with Gasteiger partial charge in [0, 0.05) is 16.5 Å². The van der Waals surface area contributed by atoms with Crippen molar-refractivity contribution in [2.75, 3.05) is 20.1 Å². The van der Waals surface area contributed by atoms with Gasteiger partial charge in [-0.05, 0) is 72.1 Å². The van der Waals surface area contributed by atoms with Crippen LogP contribution in [-0.4, -0.2) is 30.6 Å². The van der Waals surface area contributed by atoms with E-state index in [9.17, 15) is 0 Å². The Kier molecular flexibility index (Phi) is 7.78. The molecule has 1 unspecified atom stereocenters. The van der Waals surface area contributed by atoms with Crippen LogP contribution in [0.5, 0.6) is 0 Å². The number of hydrogen-bond donors (Lipinski definition) is 1. The fraction of sp³-hybridized carbons (Fsp3) is 0.765. The van der Waals surface area contributed by atoms with Crippen molar-refractivity contribution in [3.63, 3.8) is 0 Å². The normalized spacial score (nSPS) is 13.9. The summed E-state index contributed by atoms with van der Waals surface area (Å²) in [5, 5.41) is 5.72. The highest BCUT2D eigenvalue weighted by Gasteiger charge is 2.11. The third-order valence-corrected chi connectivity index (χ3v) is 4.75. The van der Waals surface area contributed by atoms with E-state index < -0.39 is 0 Å². The van der Waals surface area contributed by atoms with Crippen molar-refractivity contribution in [1.29, 1.82) is 0 Å². The van der Waals surface area contributed by atoms with Gasteiger partial charge in [0.2, 0.25) is 0 Å². The second-order valence-corrected chi connectivity index (χ2v) is 7.74. The van der Waals surface area contributed by atoms with Gasteiger partial charge in [0.15, 0.2) is 0 Å². The minimum Gasteiger partial charge on any atom is -0.312 e. The second-order valence-electron chi connectivity index (χ2n) is 6.76. The van der Waals surface area contributed by atoms with Gasteiger partial charge >= 0.3 is 0 Å². The zero-order valence-corrected chi connectivity index (χ0v) is 14.7. The third kappa shape index (κ3) is 7.41. The van der Waals surface area contributed by atoms with Gasteiger partial charge in [-0.15, -0.1) is 11.3 Å². The molecule has 1 N–H and O–H groups in total. The first-order valence-corrected chi connectivity index (χ1v) is 8.77. The van der Waals surface area contributed by atoms with Crippen molar-refractivity contribution in [3.8, 4) is 0 Å². The van der Waals surface area contributed by atoms with E-state index in [1.165, 1.54) is 37.1 Å². The van der Waals surface area contributed by atoms with Crippen LogP contribution in [0.3, 0.4) is 0 Å². The Morgan fingerprint density at radius 3 is 2.50 bits per heavy atom. The van der Waals surface area contributed by atoms with E-state index in [2.05, 4.69) is 62.5 Å². The van der Waals surface area contributed by atoms with E-state index in [0.717, 1.165) is 6.54 Å². The van der Waals surface area contributed by atoms with E-state index in [4.69, 9.17) is 0 Å². The highest BCUT2D eigenvalue weighted by molar-refractivity contribution is 7.10. The SMILES string of the molecule is CC(c1cccs1)N(C)CCCCCCNC(C)(C)C. The predicted molar refractivity (Wildman–Crippen MR) is 91.6 cm³/mol. The molecule has 116 valence electrons. The Hall–Kier alpha value is -0.380. The summed E-state index contributed by atoms with van der Waals surface area (Å²) in [7, 11) is 2.24. The molecule has 2 nitrogen and oxygen atoms in total. The van der Waals surface area contributed by atoms with Crippen molar-refractivity contribution in [2.45, 2.75) is 65.0 Å². The van der Waals surface area contributed by atoms with Gasteiger partial charge < -0.3 is 5.32 Å². The third-order valence-electron chi connectivity index (χ3n) is 3.71. The summed E-state index contributed by atoms with van der Waals surface area (Å²) in [6.45, 7) is 11.3. The standard InChI is InChI=1S/C17H32N2S/c1-15(16-11-10-14-20-16)19(5)13-9-7-6-8-12-18-17(2,3)4/h10-11,14-15,18H,6-9,12-13H2,1-5H3. The number of unbranched alkanes of at least 4 members (excludes halogenated alkanes) is 3. The molecule has 0 saturated heterocycles. The zero-order chi connectivity index (χ0) is 15.0. The number of nitrogens with one attached hydrogen (secondary N) is 1. The lowest BCUT2D eigenvalue weighted by Gasteiger charge is -2.23. The summed E-state index contributed by atoms with van der Waals surface area (Å²) in [5.74, 6) is 0. The molecule has 0 spiro atoms. The van der Waals surface area contributed by atoms with Crippen molar-refractivity contribution in [2.24, 2.45) is 0 Å². The zero-order valence-electron chi connectivity index (χ0n) is 13.9. The monoisotopic (exact) mass is 296 g/mol. The molecule has 1 atom stereocenters. The van der Waals surface area contributed by atoms with E-state index in [1.54, 1.807) is 0 Å². The van der Waals surface area contributed by atoms with Crippen LogP contribution in [-0.2, 0) is 0 Å². The van der Waals surface area contributed by atoms with E-state index in [-0.39, 0.29) is 5.54 Å². The summed E-state index contributed by atoms with van der Waals surface area (Å²) in [5.41, 5.74) is 0.260. The first kappa shape index (κ1) is 17.7. The van der Waals surface area contributed by atoms with Crippen molar-refractivity contribution in [3.05, 3.63) is 22.4 Å². The van der Waals surface area contributed by atoms with Crippen LogP contribution < -0.4 is 5.32 Å². The molecule has 0 fully saturated rings. The molecule has 0 aromatic carbocycles. The molecule has 1 heterocycles. The smallest absolute Gasteiger partial charge is 0.0410 e. The number of thiophene rings is 1. The van der Waals surface area contributed by atoms with Gasteiger partial charge in [0.25, 0.3) is 0 Å². The number of nitrogens with zero attached hydrogens (tertiary/aromatic N) is 1. The average molecular weight is 297 g/mol. The second kappa shape index (κ2) is 8.81. The largest absolute Gasteiger partial charge is 0.312 e. The Morgan fingerprint density at radius 2 is 1.90 bits per heavy atom. The molecule has 3 heteroatoms. The van der Waals surface area contributed by atoms with Gasteiger partial charge in [-0.25, -0.2) is 0 Å². The Labute approximate surface area is 129 Å². The van der Waals surface area contributed by atoms with Gasteiger partial charge in [-0.3, -0.25) is 4.90 Å². The lowest BCUT2D eigenvalue weighted by Crippen LogP contribution is -2.36. The maximum Gasteiger partial charge on any atom is 0.0410 e. The highest BCUT2D eigenvalue weighted by Crippen LogP contribution is 2.23. The number of rotatable bonds is 9. The maximum atomic E-state index is 3.55. The van der Waals surface area contributed by atoms with Crippen molar-refractivity contribution >= 4 is 11.3 Å². The minimum absolute atomic E-state index is 0.260. The summed E-state index contributed by atoms with van der Waals surface area (Å²) in [6.07, 6.45) is 5.28.